The van der Waals surface area contributed by atoms with E-state index in [1.807, 2.05) is 0 Å². The van der Waals surface area contributed by atoms with Gasteiger partial charge in [0.15, 0.2) is 0 Å². The van der Waals surface area contributed by atoms with Crippen molar-refractivity contribution in [1.29, 1.82) is 0 Å². The number of esters is 1. The Morgan fingerprint density at radius 1 is 1.33 bits per heavy atom. The number of aliphatic hydroxyl groups excluding tert-OH is 1. The molecule has 0 bridgehead atoms. The highest BCUT2D eigenvalue weighted by atomic mass is 16.6. The lowest BCUT2D eigenvalue weighted by Gasteiger charge is -2.35. The first-order chi connectivity index (χ1) is 8.24. The molecule has 1 fully saturated rings. The van der Waals surface area contributed by atoms with Crippen LogP contribution in [0.2, 0.25) is 0 Å². The van der Waals surface area contributed by atoms with Crippen LogP contribution in [0.15, 0.2) is 0 Å². The number of piperidine rings is 1. The zero-order valence-corrected chi connectivity index (χ0v) is 11.3. The molecule has 1 heterocycles. The van der Waals surface area contributed by atoms with E-state index in [0.29, 0.717) is 13.0 Å². The number of amides is 1. The molecule has 0 aromatic carbocycles. The zero-order chi connectivity index (χ0) is 13.9. The summed E-state index contributed by atoms with van der Waals surface area (Å²) >= 11 is 0. The minimum absolute atomic E-state index is 0.128. The van der Waals surface area contributed by atoms with Gasteiger partial charge in [-0.3, -0.25) is 4.79 Å². The molecule has 0 aliphatic carbocycles. The molecule has 18 heavy (non-hydrogen) atoms. The van der Waals surface area contributed by atoms with Crippen molar-refractivity contribution >= 4 is 12.1 Å². The van der Waals surface area contributed by atoms with E-state index >= 15 is 0 Å². The van der Waals surface area contributed by atoms with E-state index < -0.39 is 29.7 Å². The lowest BCUT2D eigenvalue weighted by molar-refractivity contribution is -0.152. The normalized spacial score (nSPS) is 24.6. The molecule has 6 nitrogen and oxygen atoms in total. The second-order valence-electron chi connectivity index (χ2n) is 5.41. The number of nitrogens with zero attached hydrogens (tertiary/aromatic N) is 1. The van der Waals surface area contributed by atoms with Crippen LogP contribution in [0.25, 0.3) is 0 Å². The van der Waals surface area contributed by atoms with Crippen LogP contribution in [0.5, 0.6) is 0 Å². The summed E-state index contributed by atoms with van der Waals surface area (Å²) in [6.07, 6.45) is -0.890. The van der Waals surface area contributed by atoms with Crippen LogP contribution >= 0.6 is 0 Å². The van der Waals surface area contributed by atoms with Gasteiger partial charge in [-0.1, -0.05) is 0 Å². The van der Waals surface area contributed by atoms with Gasteiger partial charge in [-0.25, -0.2) is 4.79 Å². The van der Waals surface area contributed by atoms with Gasteiger partial charge < -0.3 is 19.5 Å². The van der Waals surface area contributed by atoms with Gasteiger partial charge >= 0.3 is 12.1 Å². The molecule has 0 aromatic rings. The third kappa shape index (κ3) is 3.87. The summed E-state index contributed by atoms with van der Waals surface area (Å²) in [4.78, 5) is 24.7. The Morgan fingerprint density at radius 3 is 2.44 bits per heavy atom. The predicted molar refractivity (Wildman–Crippen MR) is 63.9 cm³/mol. The second-order valence-corrected chi connectivity index (χ2v) is 5.41. The van der Waals surface area contributed by atoms with Crippen LogP contribution in [0.4, 0.5) is 4.79 Å². The Hall–Kier alpha value is -1.30. The number of hydrogen-bond donors (Lipinski definition) is 1. The average Bonchev–Trinajstić information content (AvgIpc) is 2.26. The number of hydrogen-bond acceptors (Lipinski definition) is 5. The summed E-state index contributed by atoms with van der Waals surface area (Å²) in [6.45, 7) is 5.84. The Labute approximate surface area is 107 Å². The average molecular weight is 259 g/mol. The van der Waals surface area contributed by atoms with Gasteiger partial charge in [-0.15, -0.1) is 0 Å². The maximum Gasteiger partial charge on any atom is 0.410 e. The van der Waals surface area contributed by atoms with Crippen molar-refractivity contribution < 1.29 is 24.2 Å². The molecule has 1 saturated heterocycles. The Morgan fingerprint density at radius 2 is 1.94 bits per heavy atom. The van der Waals surface area contributed by atoms with Gasteiger partial charge in [0.1, 0.15) is 11.5 Å². The monoisotopic (exact) mass is 259 g/mol. The van der Waals surface area contributed by atoms with Crippen molar-refractivity contribution in [2.45, 2.75) is 38.9 Å². The highest BCUT2D eigenvalue weighted by Crippen LogP contribution is 2.20. The molecule has 1 N–H and O–H groups in total. The summed E-state index contributed by atoms with van der Waals surface area (Å²) in [7, 11) is 1.27. The fraction of sp³-hybridized carbons (Fsp3) is 0.833. The highest BCUT2D eigenvalue weighted by Gasteiger charge is 2.37. The van der Waals surface area contributed by atoms with E-state index in [1.54, 1.807) is 20.8 Å². The standard InChI is InChI=1S/C12H21NO5/c1-12(2,3)18-11(16)13-6-5-9(14)8(7-13)10(15)17-4/h8-9,14H,5-7H2,1-4H3/t8?,9-/m0/s1. The number of carbonyl (C=O) groups excluding carboxylic acids is 2. The highest BCUT2D eigenvalue weighted by molar-refractivity contribution is 5.75. The maximum absolute atomic E-state index is 11.8. The Bertz CT molecular complexity index is 323. The number of likely N-dealkylation sites (tertiary alicyclic amines) is 1. The molecule has 1 amide bonds. The van der Waals surface area contributed by atoms with E-state index in [2.05, 4.69) is 4.74 Å². The Kier molecular flexibility index (Phi) is 4.56. The van der Waals surface area contributed by atoms with E-state index in [9.17, 15) is 14.7 Å². The summed E-state index contributed by atoms with van der Waals surface area (Å²) in [5.74, 6) is -1.20. The second kappa shape index (κ2) is 5.56. The van der Waals surface area contributed by atoms with Crippen LogP contribution in [-0.2, 0) is 14.3 Å². The van der Waals surface area contributed by atoms with Crippen LogP contribution < -0.4 is 0 Å². The van der Waals surface area contributed by atoms with Crippen molar-refractivity contribution in [3.05, 3.63) is 0 Å². The van der Waals surface area contributed by atoms with Gasteiger partial charge in [-0.05, 0) is 27.2 Å². The van der Waals surface area contributed by atoms with Crippen LogP contribution in [0.3, 0.4) is 0 Å². The third-order valence-corrected chi connectivity index (χ3v) is 2.73. The first kappa shape index (κ1) is 14.8. The third-order valence-electron chi connectivity index (χ3n) is 2.73. The molecule has 2 atom stereocenters. The smallest absolute Gasteiger partial charge is 0.410 e. The number of carbonyl (C=O) groups is 2. The molecular formula is C12H21NO5. The van der Waals surface area contributed by atoms with Gasteiger partial charge in [0, 0.05) is 13.1 Å². The molecule has 1 aliphatic rings. The molecule has 1 aliphatic heterocycles. The summed E-state index contributed by atoms with van der Waals surface area (Å²) in [5, 5.41) is 9.72. The molecule has 0 radical (unpaired) electrons. The molecule has 0 spiro atoms. The molecule has 1 rings (SSSR count). The summed E-state index contributed by atoms with van der Waals surface area (Å²) < 4.78 is 9.84. The van der Waals surface area contributed by atoms with E-state index in [1.165, 1.54) is 12.0 Å². The predicted octanol–water partition coefficient (Wildman–Crippen LogP) is 0.777. The van der Waals surface area contributed by atoms with Gasteiger partial charge in [-0.2, -0.15) is 0 Å². The number of methoxy groups -OCH3 is 1. The van der Waals surface area contributed by atoms with E-state index in [4.69, 9.17) is 4.74 Å². The van der Waals surface area contributed by atoms with Gasteiger partial charge in [0.05, 0.1) is 13.2 Å². The molecule has 1 unspecified atom stereocenters. The molecule has 6 heteroatoms. The minimum atomic E-state index is -0.767. The molecular weight excluding hydrogens is 238 g/mol. The first-order valence-electron chi connectivity index (χ1n) is 5.98. The molecule has 0 aromatic heterocycles. The Balaban J connectivity index is 2.64. The fourth-order valence-corrected chi connectivity index (χ4v) is 1.81. The number of aliphatic hydroxyl groups is 1. The fourth-order valence-electron chi connectivity index (χ4n) is 1.81. The lowest BCUT2D eigenvalue weighted by atomic mass is 9.95. The van der Waals surface area contributed by atoms with Crippen LogP contribution in [0.1, 0.15) is 27.2 Å². The topological polar surface area (TPSA) is 76.1 Å². The van der Waals surface area contributed by atoms with Crippen molar-refractivity contribution in [1.82, 2.24) is 4.90 Å². The van der Waals surface area contributed by atoms with Crippen LogP contribution in [0, 0.1) is 5.92 Å². The van der Waals surface area contributed by atoms with Gasteiger partial charge in [0.2, 0.25) is 0 Å². The van der Waals surface area contributed by atoms with E-state index in [-0.39, 0.29) is 6.54 Å². The van der Waals surface area contributed by atoms with Crippen molar-refractivity contribution in [2.24, 2.45) is 5.92 Å². The SMILES string of the molecule is COC(=O)C1CN(C(=O)OC(C)(C)C)CC[C@@H]1O. The number of rotatable bonds is 1. The minimum Gasteiger partial charge on any atom is -0.469 e. The quantitative estimate of drug-likeness (QED) is 0.704. The van der Waals surface area contributed by atoms with Crippen LogP contribution in [-0.4, -0.2) is 54.0 Å². The van der Waals surface area contributed by atoms with Crippen molar-refractivity contribution in [3.63, 3.8) is 0 Å². The first-order valence-corrected chi connectivity index (χ1v) is 5.98. The largest absolute Gasteiger partial charge is 0.469 e. The van der Waals surface area contributed by atoms with Crippen molar-refractivity contribution in [3.8, 4) is 0 Å². The maximum atomic E-state index is 11.8. The zero-order valence-electron chi connectivity index (χ0n) is 11.3. The van der Waals surface area contributed by atoms with Crippen molar-refractivity contribution in [2.75, 3.05) is 20.2 Å². The molecule has 0 saturated carbocycles. The molecule has 104 valence electrons. The summed E-state index contributed by atoms with van der Waals surface area (Å²) in [6, 6.07) is 0. The van der Waals surface area contributed by atoms with Gasteiger partial charge in [0.25, 0.3) is 0 Å². The lowest BCUT2D eigenvalue weighted by Crippen LogP contribution is -2.50. The number of ether oxygens (including phenoxy) is 2. The summed E-state index contributed by atoms with van der Waals surface area (Å²) in [5.41, 5.74) is -0.575. The van der Waals surface area contributed by atoms with E-state index in [0.717, 1.165) is 0 Å².